The molecule has 176 valence electrons. The monoisotopic (exact) mass is 554 g/mol. The number of carboxylic acid groups (broad SMARTS) is 1. The number of anilines is 1. The lowest BCUT2D eigenvalue weighted by Crippen LogP contribution is -2.54. The maximum Gasteiger partial charge on any atom is 0.335 e. The molecule has 1 heterocycles. The van der Waals surface area contributed by atoms with Gasteiger partial charge in [-0.2, -0.15) is 0 Å². The molecule has 1 aliphatic rings. The number of benzene rings is 3. The number of halogens is 2. The highest BCUT2D eigenvalue weighted by atomic mass is 79.9. The summed E-state index contributed by atoms with van der Waals surface area (Å²) in [5.41, 5.74) is 1.19. The lowest BCUT2D eigenvalue weighted by Gasteiger charge is -2.26. The van der Waals surface area contributed by atoms with Crippen LogP contribution < -0.4 is 15.0 Å². The van der Waals surface area contributed by atoms with Gasteiger partial charge >= 0.3 is 12.0 Å². The van der Waals surface area contributed by atoms with E-state index in [4.69, 9.17) is 21.4 Å². The van der Waals surface area contributed by atoms with Gasteiger partial charge in [0.1, 0.15) is 17.9 Å². The smallest absolute Gasteiger partial charge is 0.335 e. The first-order valence-corrected chi connectivity index (χ1v) is 11.3. The molecule has 0 bridgehead atoms. The molecule has 0 aliphatic carbocycles. The van der Waals surface area contributed by atoms with E-state index in [-0.39, 0.29) is 23.4 Å². The molecule has 35 heavy (non-hydrogen) atoms. The Bertz CT molecular complexity index is 1390. The average Bonchev–Trinajstić information content (AvgIpc) is 2.82. The molecule has 4 amide bonds. The summed E-state index contributed by atoms with van der Waals surface area (Å²) in [7, 11) is 0. The molecule has 3 aromatic carbocycles. The first kappa shape index (κ1) is 24.2. The summed E-state index contributed by atoms with van der Waals surface area (Å²) in [5, 5.41) is 11.8. The van der Waals surface area contributed by atoms with Crippen LogP contribution in [0.15, 0.2) is 76.8 Å². The molecular weight excluding hydrogens is 540 g/mol. The third-order valence-electron chi connectivity index (χ3n) is 5.08. The van der Waals surface area contributed by atoms with Crippen LogP contribution in [0.1, 0.15) is 21.5 Å². The van der Waals surface area contributed by atoms with Crippen molar-refractivity contribution in [2.24, 2.45) is 0 Å². The summed E-state index contributed by atoms with van der Waals surface area (Å²) in [6, 6.07) is 16.5. The Balaban J connectivity index is 1.56. The van der Waals surface area contributed by atoms with Gasteiger partial charge in [0.15, 0.2) is 0 Å². The second-order valence-electron chi connectivity index (χ2n) is 7.38. The number of ether oxygens (including phenoxy) is 1. The average molecular weight is 556 g/mol. The van der Waals surface area contributed by atoms with Crippen molar-refractivity contribution in [2.45, 2.75) is 6.61 Å². The molecule has 3 aromatic rings. The minimum Gasteiger partial charge on any atom is -0.488 e. The zero-order chi connectivity index (χ0) is 25.1. The summed E-state index contributed by atoms with van der Waals surface area (Å²) < 4.78 is 6.40. The molecule has 1 fully saturated rings. The molecule has 1 saturated heterocycles. The Labute approximate surface area is 212 Å². The van der Waals surface area contributed by atoms with Crippen LogP contribution in [-0.2, 0) is 16.2 Å². The van der Waals surface area contributed by atoms with E-state index in [1.807, 2.05) is 18.2 Å². The van der Waals surface area contributed by atoms with Gasteiger partial charge in [0.05, 0.1) is 15.7 Å². The number of nitrogens with zero attached hydrogens (tertiary/aromatic N) is 1. The normalized spacial score (nSPS) is 14.7. The van der Waals surface area contributed by atoms with Crippen molar-refractivity contribution in [3.63, 3.8) is 0 Å². The Kier molecular flexibility index (Phi) is 6.99. The van der Waals surface area contributed by atoms with Crippen LogP contribution in [0, 0.1) is 0 Å². The molecule has 0 spiro atoms. The van der Waals surface area contributed by atoms with Crippen molar-refractivity contribution in [1.29, 1.82) is 0 Å². The highest BCUT2D eigenvalue weighted by Gasteiger charge is 2.36. The number of hydrogen-bond donors (Lipinski definition) is 2. The molecule has 8 nitrogen and oxygen atoms in total. The van der Waals surface area contributed by atoms with Crippen LogP contribution in [-0.4, -0.2) is 28.9 Å². The number of rotatable bonds is 6. The number of aromatic carboxylic acids is 1. The van der Waals surface area contributed by atoms with Crippen molar-refractivity contribution in [3.05, 3.63) is 98.5 Å². The minimum atomic E-state index is -1.15. The topological polar surface area (TPSA) is 113 Å². The number of amides is 4. The van der Waals surface area contributed by atoms with Gasteiger partial charge in [-0.15, -0.1) is 0 Å². The summed E-state index contributed by atoms with van der Waals surface area (Å²) in [6.45, 7) is 0.247. The molecular formula is C25H16BrClN2O6. The molecule has 0 radical (unpaired) electrons. The molecule has 0 atom stereocenters. The third-order valence-corrected chi connectivity index (χ3v) is 6.07. The fourth-order valence-electron chi connectivity index (χ4n) is 3.31. The van der Waals surface area contributed by atoms with Crippen LogP contribution >= 0.6 is 27.5 Å². The van der Waals surface area contributed by atoms with E-state index in [1.54, 1.807) is 24.3 Å². The summed E-state index contributed by atoms with van der Waals surface area (Å²) in [5.74, 6) is -2.29. The minimum absolute atomic E-state index is 0.00727. The second kappa shape index (κ2) is 10.1. The van der Waals surface area contributed by atoms with E-state index in [0.29, 0.717) is 20.8 Å². The first-order chi connectivity index (χ1) is 16.7. The maximum atomic E-state index is 13.0. The highest BCUT2D eigenvalue weighted by Crippen LogP contribution is 2.29. The SMILES string of the molecule is O=C1NC(=O)N(c2ccc(C(=O)O)cc2)C(=O)/C1=C/c1ccc(OCc2ccccc2Cl)c(Br)c1. The maximum absolute atomic E-state index is 13.0. The Morgan fingerprint density at radius 1 is 1.06 bits per heavy atom. The lowest BCUT2D eigenvalue weighted by molar-refractivity contribution is -0.122. The van der Waals surface area contributed by atoms with E-state index >= 15 is 0 Å². The van der Waals surface area contributed by atoms with Crippen molar-refractivity contribution >= 4 is 63.1 Å². The summed E-state index contributed by atoms with van der Waals surface area (Å²) in [6.07, 6.45) is 1.35. The zero-order valence-corrected chi connectivity index (χ0v) is 20.2. The van der Waals surface area contributed by atoms with Crippen molar-refractivity contribution in [2.75, 3.05) is 4.90 Å². The fourth-order valence-corrected chi connectivity index (χ4v) is 4.01. The van der Waals surface area contributed by atoms with Gasteiger partial charge in [0.25, 0.3) is 11.8 Å². The van der Waals surface area contributed by atoms with Crippen molar-refractivity contribution in [1.82, 2.24) is 5.32 Å². The van der Waals surface area contributed by atoms with E-state index in [0.717, 1.165) is 10.5 Å². The number of carbonyl (C=O) groups is 4. The molecule has 4 rings (SSSR count). The van der Waals surface area contributed by atoms with Gasteiger partial charge in [-0.25, -0.2) is 14.5 Å². The molecule has 0 aromatic heterocycles. The van der Waals surface area contributed by atoms with E-state index < -0.39 is 23.8 Å². The van der Waals surface area contributed by atoms with Crippen LogP contribution in [0.4, 0.5) is 10.5 Å². The van der Waals surface area contributed by atoms with Crippen LogP contribution in [0.2, 0.25) is 5.02 Å². The van der Waals surface area contributed by atoms with Gasteiger partial charge in [-0.3, -0.25) is 14.9 Å². The molecule has 0 saturated carbocycles. The van der Waals surface area contributed by atoms with E-state index in [2.05, 4.69) is 21.2 Å². The standard InChI is InChI=1S/C25H16BrClN2O6/c26-19-12-14(5-10-21(19)35-13-16-3-1-2-4-20(16)27)11-18-22(30)28-25(34)29(23(18)31)17-8-6-15(7-9-17)24(32)33/h1-12H,13H2,(H,32,33)(H,28,30,34)/b18-11+. The number of urea groups is 1. The highest BCUT2D eigenvalue weighted by molar-refractivity contribution is 9.10. The second-order valence-corrected chi connectivity index (χ2v) is 8.64. The summed E-state index contributed by atoms with van der Waals surface area (Å²) >= 11 is 9.58. The molecule has 2 N–H and O–H groups in total. The number of imide groups is 2. The Hall–Kier alpha value is -3.95. The van der Waals surface area contributed by atoms with Crippen LogP contribution in [0.3, 0.4) is 0 Å². The fraction of sp³-hybridized carbons (Fsp3) is 0.0400. The van der Waals surface area contributed by atoms with Gasteiger partial charge in [-0.1, -0.05) is 35.9 Å². The van der Waals surface area contributed by atoms with Gasteiger partial charge in [0, 0.05) is 10.6 Å². The predicted octanol–water partition coefficient (Wildman–Crippen LogP) is 5.05. The number of carboxylic acids is 1. The Morgan fingerprint density at radius 2 is 1.77 bits per heavy atom. The van der Waals surface area contributed by atoms with Gasteiger partial charge in [0.2, 0.25) is 0 Å². The number of carbonyl (C=O) groups excluding carboxylic acids is 3. The lowest BCUT2D eigenvalue weighted by atomic mass is 10.1. The first-order valence-electron chi connectivity index (χ1n) is 10.1. The molecule has 1 aliphatic heterocycles. The van der Waals surface area contributed by atoms with Gasteiger partial charge < -0.3 is 9.84 Å². The quantitative estimate of drug-likeness (QED) is 0.325. The zero-order valence-electron chi connectivity index (χ0n) is 17.8. The molecule has 0 unspecified atom stereocenters. The largest absolute Gasteiger partial charge is 0.488 e. The number of barbiturate groups is 1. The van der Waals surface area contributed by atoms with E-state index in [1.165, 1.54) is 30.3 Å². The van der Waals surface area contributed by atoms with Gasteiger partial charge in [-0.05, 0) is 70.0 Å². The van der Waals surface area contributed by atoms with E-state index in [9.17, 15) is 19.2 Å². The predicted molar refractivity (Wildman–Crippen MR) is 132 cm³/mol. The number of nitrogens with one attached hydrogen (secondary N) is 1. The van der Waals surface area contributed by atoms with Crippen molar-refractivity contribution in [3.8, 4) is 5.75 Å². The van der Waals surface area contributed by atoms with Crippen LogP contribution in [0.5, 0.6) is 5.75 Å². The van der Waals surface area contributed by atoms with Crippen molar-refractivity contribution < 1.29 is 29.0 Å². The summed E-state index contributed by atoms with van der Waals surface area (Å²) in [4.78, 5) is 49.6. The third kappa shape index (κ3) is 5.26. The Morgan fingerprint density at radius 3 is 2.43 bits per heavy atom. The van der Waals surface area contributed by atoms with Crippen LogP contribution in [0.25, 0.3) is 6.08 Å². The molecule has 10 heteroatoms. The number of hydrogen-bond acceptors (Lipinski definition) is 5.